The number of para-hydroxylation sites is 1. The topological polar surface area (TPSA) is 53.2 Å². The summed E-state index contributed by atoms with van der Waals surface area (Å²) in [6.07, 6.45) is 1.40. The average Bonchev–Trinajstić information content (AvgIpc) is 2.29. The van der Waals surface area contributed by atoms with Gasteiger partial charge in [-0.1, -0.05) is 12.1 Å². The summed E-state index contributed by atoms with van der Waals surface area (Å²) in [5.41, 5.74) is 1.56. The minimum absolute atomic E-state index is 0.318. The molecule has 0 unspecified atom stereocenters. The molecule has 0 saturated carbocycles. The van der Waals surface area contributed by atoms with E-state index >= 15 is 0 Å². The van der Waals surface area contributed by atoms with E-state index < -0.39 is 0 Å². The first kappa shape index (κ1) is 11.4. The van der Waals surface area contributed by atoms with Gasteiger partial charge in [0, 0.05) is 11.6 Å². The van der Waals surface area contributed by atoms with E-state index in [4.69, 9.17) is 4.74 Å². The summed E-state index contributed by atoms with van der Waals surface area (Å²) in [4.78, 5) is 11.9. The van der Waals surface area contributed by atoms with Crippen LogP contribution >= 0.6 is 0 Å². The predicted octanol–water partition coefficient (Wildman–Crippen LogP) is 1.96. The largest absolute Gasteiger partial charge is 0.618 e. The quantitative estimate of drug-likeness (QED) is 0.451. The zero-order valence-corrected chi connectivity index (χ0v) is 9.77. The van der Waals surface area contributed by atoms with E-state index in [1.165, 1.54) is 6.20 Å². The fourth-order valence-electron chi connectivity index (χ4n) is 1.87. The Bertz CT molecular complexity index is 578. The molecule has 0 spiro atoms. The summed E-state index contributed by atoms with van der Waals surface area (Å²) in [6.45, 7) is 3.80. The zero-order chi connectivity index (χ0) is 12.4. The Morgan fingerprint density at radius 2 is 2.12 bits per heavy atom. The molecule has 0 saturated heterocycles. The van der Waals surface area contributed by atoms with Crippen LogP contribution in [0, 0.1) is 12.1 Å². The van der Waals surface area contributed by atoms with Gasteiger partial charge < -0.3 is 9.94 Å². The van der Waals surface area contributed by atoms with Gasteiger partial charge in [0.05, 0.1) is 17.6 Å². The maximum absolute atomic E-state index is 11.9. The van der Waals surface area contributed by atoms with Crippen LogP contribution < -0.4 is 4.73 Å². The highest BCUT2D eigenvalue weighted by Gasteiger charge is 2.19. The molecule has 0 amide bonds. The number of hydrogen-bond donors (Lipinski definition) is 0. The first-order chi connectivity index (χ1) is 8.15. The standard InChI is InChI=1S/C13H13NO3/c1-3-17-13(15)12-9(2)8-14(16)11-7-5-4-6-10(11)12/h4-8H,3H2,1-2H3. The first-order valence-corrected chi connectivity index (χ1v) is 5.43. The van der Waals surface area contributed by atoms with Crippen LogP contribution in [0.1, 0.15) is 22.8 Å². The Labute approximate surface area is 99.0 Å². The van der Waals surface area contributed by atoms with E-state index in [9.17, 15) is 10.0 Å². The van der Waals surface area contributed by atoms with Gasteiger partial charge in [-0.3, -0.25) is 0 Å². The fraction of sp³-hybridized carbons (Fsp3) is 0.231. The number of fused-ring (bicyclic) bond motifs is 1. The molecule has 1 aromatic heterocycles. The molecule has 0 N–H and O–H groups in total. The molecule has 0 aliphatic rings. The average molecular weight is 231 g/mol. The molecule has 1 heterocycles. The number of aryl methyl sites for hydroxylation is 1. The lowest BCUT2D eigenvalue weighted by molar-refractivity contribution is -0.577. The lowest BCUT2D eigenvalue weighted by Crippen LogP contribution is -2.28. The number of nitrogens with zero attached hydrogens (tertiary/aromatic N) is 1. The molecular formula is C13H13NO3. The van der Waals surface area contributed by atoms with Gasteiger partial charge in [-0.05, 0) is 19.9 Å². The van der Waals surface area contributed by atoms with Crippen molar-refractivity contribution in [3.63, 3.8) is 0 Å². The minimum Gasteiger partial charge on any atom is -0.618 e. The van der Waals surface area contributed by atoms with Gasteiger partial charge >= 0.3 is 5.97 Å². The molecule has 1 aromatic carbocycles. The van der Waals surface area contributed by atoms with Crippen molar-refractivity contribution in [2.24, 2.45) is 0 Å². The third kappa shape index (κ3) is 1.93. The van der Waals surface area contributed by atoms with Crippen LogP contribution in [-0.4, -0.2) is 12.6 Å². The summed E-state index contributed by atoms with van der Waals surface area (Å²) < 4.78 is 5.78. The zero-order valence-electron chi connectivity index (χ0n) is 9.77. The summed E-state index contributed by atoms with van der Waals surface area (Å²) in [6, 6.07) is 7.00. The third-order valence-electron chi connectivity index (χ3n) is 2.60. The van der Waals surface area contributed by atoms with Crippen LogP contribution in [0.2, 0.25) is 0 Å². The van der Waals surface area contributed by atoms with Gasteiger partial charge in [0.25, 0.3) is 0 Å². The maximum Gasteiger partial charge on any atom is 0.339 e. The first-order valence-electron chi connectivity index (χ1n) is 5.43. The van der Waals surface area contributed by atoms with Crippen molar-refractivity contribution in [2.45, 2.75) is 13.8 Å². The Morgan fingerprint density at radius 1 is 1.41 bits per heavy atom. The summed E-state index contributed by atoms with van der Waals surface area (Å²) in [5, 5.41) is 12.3. The maximum atomic E-state index is 11.9. The normalized spacial score (nSPS) is 10.5. The van der Waals surface area contributed by atoms with E-state index in [1.54, 1.807) is 38.1 Å². The number of rotatable bonds is 2. The number of aromatic nitrogens is 1. The molecule has 17 heavy (non-hydrogen) atoms. The fourth-order valence-corrected chi connectivity index (χ4v) is 1.87. The Kier molecular flexibility index (Phi) is 2.95. The molecule has 0 aliphatic carbocycles. The number of benzene rings is 1. The lowest BCUT2D eigenvalue weighted by atomic mass is 10.0. The van der Waals surface area contributed by atoms with Crippen molar-refractivity contribution in [3.05, 3.63) is 46.8 Å². The Balaban J connectivity index is 2.73. The molecule has 4 heteroatoms. The summed E-state index contributed by atoms with van der Waals surface area (Å²) >= 11 is 0. The summed E-state index contributed by atoms with van der Waals surface area (Å²) in [7, 11) is 0. The monoisotopic (exact) mass is 231 g/mol. The molecule has 0 atom stereocenters. The predicted molar refractivity (Wildman–Crippen MR) is 63.6 cm³/mol. The molecule has 2 aromatic rings. The number of pyridine rings is 1. The second-order valence-electron chi connectivity index (χ2n) is 3.75. The van der Waals surface area contributed by atoms with E-state index in [2.05, 4.69) is 0 Å². The number of ether oxygens (including phenoxy) is 1. The van der Waals surface area contributed by atoms with Crippen LogP contribution in [0.15, 0.2) is 30.5 Å². The van der Waals surface area contributed by atoms with E-state index in [0.717, 1.165) is 4.73 Å². The van der Waals surface area contributed by atoms with Crippen molar-refractivity contribution >= 4 is 16.9 Å². The van der Waals surface area contributed by atoms with Crippen molar-refractivity contribution < 1.29 is 14.3 Å². The molecule has 0 aliphatic heterocycles. The molecule has 0 radical (unpaired) electrons. The number of carbonyl (C=O) groups is 1. The molecular weight excluding hydrogens is 218 g/mol. The van der Waals surface area contributed by atoms with Crippen LogP contribution in [0.25, 0.3) is 10.9 Å². The van der Waals surface area contributed by atoms with Gasteiger partial charge in [-0.15, -0.1) is 0 Å². The van der Waals surface area contributed by atoms with Crippen LogP contribution in [0.3, 0.4) is 0 Å². The third-order valence-corrected chi connectivity index (χ3v) is 2.60. The van der Waals surface area contributed by atoms with Crippen LogP contribution in [0.4, 0.5) is 0 Å². The van der Waals surface area contributed by atoms with E-state index in [0.29, 0.717) is 28.6 Å². The highest BCUT2D eigenvalue weighted by atomic mass is 16.5. The molecule has 0 bridgehead atoms. The number of hydrogen-bond acceptors (Lipinski definition) is 3. The number of esters is 1. The summed E-state index contributed by atoms with van der Waals surface area (Å²) in [5.74, 6) is -0.387. The lowest BCUT2D eigenvalue weighted by Gasteiger charge is -2.09. The van der Waals surface area contributed by atoms with E-state index in [-0.39, 0.29) is 5.97 Å². The van der Waals surface area contributed by atoms with Crippen LogP contribution in [-0.2, 0) is 4.74 Å². The molecule has 2 rings (SSSR count). The van der Waals surface area contributed by atoms with Crippen molar-refractivity contribution in [3.8, 4) is 0 Å². The minimum atomic E-state index is -0.387. The Morgan fingerprint density at radius 3 is 2.82 bits per heavy atom. The second kappa shape index (κ2) is 4.41. The highest BCUT2D eigenvalue weighted by Crippen LogP contribution is 2.19. The van der Waals surface area contributed by atoms with E-state index in [1.807, 2.05) is 0 Å². The van der Waals surface area contributed by atoms with Crippen molar-refractivity contribution in [1.82, 2.24) is 0 Å². The van der Waals surface area contributed by atoms with Crippen molar-refractivity contribution in [1.29, 1.82) is 0 Å². The van der Waals surface area contributed by atoms with Gasteiger partial charge in [0.2, 0.25) is 5.52 Å². The van der Waals surface area contributed by atoms with Gasteiger partial charge in [-0.2, -0.15) is 4.73 Å². The van der Waals surface area contributed by atoms with Gasteiger partial charge in [0.15, 0.2) is 6.20 Å². The molecule has 4 nitrogen and oxygen atoms in total. The molecule has 88 valence electrons. The molecule has 0 fully saturated rings. The highest BCUT2D eigenvalue weighted by molar-refractivity contribution is 6.03. The SMILES string of the molecule is CCOC(=O)c1c(C)c[n+]([O-])c2ccccc12. The van der Waals surface area contributed by atoms with Gasteiger partial charge in [0.1, 0.15) is 0 Å². The number of carbonyl (C=O) groups excluding carboxylic acids is 1. The van der Waals surface area contributed by atoms with Crippen LogP contribution in [0.5, 0.6) is 0 Å². The smallest absolute Gasteiger partial charge is 0.339 e. The second-order valence-corrected chi connectivity index (χ2v) is 3.75. The van der Waals surface area contributed by atoms with Gasteiger partial charge in [-0.25, -0.2) is 4.79 Å². The van der Waals surface area contributed by atoms with Crippen molar-refractivity contribution in [2.75, 3.05) is 6.61 Å². The Hall–Kier alpha value is -2.10.